The fourth-order valence-electron chi connectivity index (χ4n) is 5.55. The Hall–Kier alpha value is -2.55. The molecule has 3 heterocycles. The van der Waals surface area contributed by atoms with Crippen molar-refractivity contribution in [3.05, 3.63) is 47.2 Å². The zero-order chi connectivity index (χ0) is 27.8. The first-order valence-corrected chi connectivity index (χ1v) is 14.4. The van der Waals surface area contributed by atoms with Crippen LogP contribution < -0.4 is 14.5 Å². The van der Waals surface area contributed by atoms with Crippen LogP contribution in [0.25, 0.3) is 0 Å². The summed E-state index contributed by atoms with van der Waals surface area (Å²) in [6.45, 7) is 8.08. The first-order valence-electron chi connectivity index (χ1n) is 14.0. The summed E-state index contributed by atoms with van der Waals surface area (Å²) in [6, 6.07) is 10.3. The summed E-state index contributed by atoms with van der Waals surface area (Å²) in [7, 11) is 3.14. The highest BCUT2D eigenvalue weighted by molar-refractivity contribution is 6.33. The van der Waals surface area contributed by atoms with E-state index in [1.54, 1.807) is 13.3 Å². The van der Waals surface area contributed by atoms with Crippen LogP contribution in [0.15, 0.2) is 36.5 Å². The number of esters is 1. The number of aromatic nitrogens is 1. The summed E-state index contributed by atoms with van der Waals surface area (Å²) < 4.78 is 22.7. The van der Waals surface area contributed by atoms with E-state index in [1.165, 1.54) is 7.11 Å². The van der Waals surface area contributed by atoms with Gasteiger partial charge in [0.05, 0.1) is 30.3 Å². The van der Waals surface area contributed by atoms with E-state index in [-0.39, 0.29) is 30.1 Å². The number of carbonyl (C=O) groups is 1. The third-order valence-electron chi connectivity index (χ3n) is 7.91. The van der Waals surface area contributed by atoms with E-state index in [9.17, 15) is 4.79 Å². The van der Waals surface area contributed by atoms with Crippen LogP contribution in [-0.2, 0) is 25.4 Å². The number of anilines is 2. The van der Waals surface area contributed by atoms with E-state index in [0.717, 1.165) is 68.1 Å². The molecule has 2 aliphatic heterocycles. The lowest BCUT2D eigenvalue weighted by Gasteiger charge is -2.34. The van der Waals surface area contributed by atoms with Gasteiger partial charge in [0.1, 0.15) is 11.9 Å². The molecule has 0 amide bonds. The topological polar surface area (TPSA) is 73.4 Å². The van der Waals surface area contributed by atoms with Gasteiger partial charge < -0.3 is 28.7 Å². The molecule has 2 aliphatic rings. The number of piperidine rings is 1. The van der Waals surface area contributed by atoms with E-state index >= 15 is 0 Å². The number of benzene rings is 1. The van der Waals surface area contributed by atoms with Crippen LogP contribution in [0.1, 0.15) is 45.2 Å². The second-order valence-electron chi connectivity index (χ2n) is 10.4. The predicted octanol–water partition coefficient (Wildman–Crippen LogP) is 5.15. The van der Waals surface area contributed by atoms with Gasteiger partial charge in [0.15, 0.2) is 0 Å². The summed E-state index contributed by atoms with van der Waals surface area (Å²) in [5.74, 6) is 0.841. The summed E-state index contributed by atoms with van der Waals surface area (Å²) in [5.41, 5.74) is 3.17. The van der Waals surface area contributed by atoms with E-state index in [1.807, 2.05) is 12.1 Å². The third kappa shape index (κ3) is 7.56. The van der Waals surface area contributed by atoms with Gasteiger partial charge in [-0.3, -0.25) is 9.78 Å². The molecule has 0 unspecified atom stereocenters. The second-order valence-corrected chi connectivity index (χ2v) is 10.8. The van der Waals surface area contributed by atoms with Gasteiger partial charge in [-0.05, 0) is 43.2 Å². The van der Waals surface area contributed by atoms with Gasteiger partial charge in [0, 0.05) is 82.3 Å². The molecule has 2 fully saturated rings. The molecule has 8 nitrogen and oxygen atoms in total. The number of halogens is 1. The fourth-order valence-corrected chi connectivity index (χ4v) is 5.77. The minimum Gasteiger partial charge on any atom is -0.490 e. The van der Waals surface area contributed by atoms with Crippen molar-refractivity contribution in [2.24, 2.45) is 5.92 Å². The van der Waals surface area contributed by atoms with Crippen LogP contribution in [-0.4, -0.2) is 76.3 Å². The van der Waals surface area contributed by atoms with Crippen molar-refractivity contribution in [2.75, 3.05) is 56.9 Å². The number of pyridine rings is 1. The Labute approximate surface area is 237 Å². The summed E-state index contributed by atoms with van der Waals surface area (Å²) in [4.78, 5) is 21.2. The molecule has 0 bridgehead atoms. The van der Waals surface area contributed by atoms with Crippen LogP contribution in [0, 0.1) is 5.92 Å². The van der Waals surface area contributed by atoms with Crippen molar-refractivity contribution < 1.29 is 23.7 Å². The summed E-state index contributed by atoms with van der Waals surface area (Å²) in [6.07, 6.45) is 5.87. The average molecular weight is 560 g/mol. The molecule has 0 radical (unpaired) electrons. The van der Waals surface area contributed by atoms with Crippen LogP contribution in [0.4, 0.5) is 11.4 Å². The quantitative estimate of drug-likeness (QED) is 0.261. The van der Waals surface area contributed by atoms with Gasteiger partial charge in [-0.2, -0.15) is 0 Å². The monoisotopic (exact) mass is 559 g/mol. The average Bonchev–Trinajstić information content (AvgIpc) is 3.26. The van der Waals surface area contributed by atoms with Gasteiger partial charge in [0.25, 0.3) is 0 Å². The molecule has 0 saturated carbocycles. The van der Waals surface area contributed by atoms with Crippen molar-refractivity contribution in [1.82, 2.24) is 4.98 Å². The van der Waals surface area contributed by atoms with Crippen molar-refractivity contribution in [2.45, 2.75) is 64.2 Å². The van der Waals surface area contributed by atoms with Crippen molar-refractivity contribution in [3.8, 4) is 5.75 Å². The summed E-state index contributed by atoms with van der Waals surface area (Å²) >= 11 is 6.45. The zero-order valence-electron chi connectivity index (χ0n) is 23.6. The number of nitrogens with zero attached hydrogens (tertiary/aromatic N) is 3. The van der Waals surface area contributed by atoms with Gasteiger partial charge in [-0.1, -0.05) is 25.4 Å². The number of hydrogen-bond donors (Lipinski definition) is 0. The molecule has 214 valence electrons. The van der Waals surface area contributed by atoms with Gasteiger partial charge >= 0.3 is 5.97 Å². The maximum Gasteiger partial charge on any atom is 0.307 e. The Morgan fingerprint density at radius 1 is 1.13 bits per heavy atom. The minimum atomic E-state index is -0.206. The molecule has 9 heteroatoms. The number of hydrogen-bond acceptors (Lipinski definition) is 8. The summed E-state index contributed by atoms with van der Waals surface area (Å²) in [5, 5.41) is 0.700. The molecular weight excluding hydrogens is 518 g/mol. The van der Waals surface area contributed by atoms with E-state index in [2.05, 4.69) is 46.8 Å². The van der Waals surface area contributed by atoms with Crippen LogP contribution in [0.3, 0.4) is 0 Å². The molecule has 0 N–H and O–H groups in total. The van der Waals surface area contributed by atoms with Crippen molar-refractivity contribution in [3.63, 3.8) is 0 Å². The highest BCUT2D eigenvalue weighted by atomic mass is 35.5. The Bertz CT molecular complexity index is 1060. The molecule has 1 aromatic carbocycles. The predicted molar refractivity (Wildman–Crippen MR) is 154 cm³/mol. The maximum atomic E-state index is 12.2. The van der Waals surface area contributed by atoms with Gasteiger partial charge in [-0.15, -0.1) is 0 Å². The first-order chi connectivity index (χ1) is 18.9. The largest absolute Gasteiger partial charge is 0.490 e. The minimum absolute atomic E-state index is 0.00852. The molecule has 2 saturated heterocycles. The van der Waals surface area contributed by atoms with Crippen molar-refractivity contribution >= 4 is 28.9 Å². The first kappa shape index (κ1) is 29.4. The highest BCUT2D eigenvalue weighted by Gasteiger charge is 2.41. The third-order valence-corrected chi connectivity index (χ3v) is 8.20. The fraction of sp³-hybridized carbons (Fsp3) is 0.600. The molecule has 3 atom stereocenters. The molecule has 4 rings (SSSR count). The molecule has 2 aromatic rings. The van der Waals surface area contributed by atoms with E-state index < -0.39 is 0 Å². The Morgan fingerprint density at radius 2 is 1.87 bits per heavy atom. The Morgan fingerprint density at radius 3 is 2.54 bits per heavy atom. The smallest absolute Gasteiger partial charge is 0.307 e. The van der Waals surface area contributed by atoms with Gasteiger partial charge in [0.2, 0.25) is 0 Å². The van der Waals surface area contributed by atoms with Gasteiger partial charge in [-0.25, -0.2) is 0 Å². The molecular formula is C30H42ClN3O5. The molecule has 1 aromatic heterocycles. The SMILES string of the molecule is CCc1cc(N2CCC(Oc3ccc(N4C[C@H](OCCCOC)[C@@H](C)[C@@H]4CC(=O)OC)cc3)CC2)c(Cl)cn1. The highest BCUT2D eigenvalue weighted by Crippen LogP contribution is 2.35. The second kappa shape index (κ2) is 14.2. The lowest BCUT2D eigenvalue weighted by molar-refractivity contribution is -0.141. The Balaban J connectivity index is 1.35. The Kier molecular flexibility index (Phi) is 10.7. The van der Waals surface area contributed by atoms with Crippen LogP contribution in [0.2, 0.25) is 5.02 Å². The lowest BCUT2D eigenvalue weighted by Crippen LogP contribution is -2.38. The molecule has 39 heavy (non-hydrogen) atoms. The number of aryl methyl sites for hydroxylation is 1. The van der Waals surface area contributed by atoms with E-state index in [4.69, 9.17) is 30.5 Å². The van der Waals surface area contributed by atoms with Crippen LogP contribution >= 0.6 is 11.6 Å². The number of methoxy groups -OCH3 is 2. The normalized spacial score (nSPS) is 21.8. The van der Waals surface area contributed by atoms with E-state index in [0.29, 0.717) is 24.7 Å². The zero-order valence-corrected chi connectivity index (χ0v) is 24.4. The maximum absolute atomic E-state index is 12.2. The van der Waals surface area contributed by atoms with Crippen molar-refractivity contribution in [1.29, 1.82) is 0 Å². The lowest BCUT2D eigenvalue weighted by atomic mass is 9.97. The standard InChI is InChI=1S/C30H42ClN3O5/c1-5-22-17-28(26(31)19-32-22)33-13-11-25(12-14-33)39-24-9-7-23(8-10-24)34-20-29(38-16-6-15-36-3)21(2)27(34)18-30(35)37-4/h7-10,17,19,21,25,27,29H,5-6,11-16,18,20H2,1-4H3/t21-,27-,29-/m0/s1. The molecule has 0 spiro atoms. The van der Waals surface area contributed by atoms with Crippen LogP contribution in [0.5, 0.6) is 5.75 Å². The number of rotatable bonds is 12. The number of carbonyl (C=O) groups excluding carboxylic acids is 1. The number of ether oxygens (including phenoxy) is 4. The molecule has 0 aliphatic carbocycles.